The van der Waals surface area contributed by atoms with Crippen LogP contribution in [-0.4, -0.2) is 46.3 Å². The standard InChI is InChI=1S/C12H19N3O3/c1-8(2)15(7-11(16)18-5)12(17)10-6-9(3)13-14(10)4/h6,8H,7H2,1-5H3. The van der Waals surface area contributed by atoms with Gasteiger partial charge in [0.2, 0.25) is 0 Å². The van der Waals surface area contributed by atoms with Crippen molar-refractivity contribution >= 4 is 11.9 Å². The highest BCUT2D eigenvalue weighted by molar-refractivity contribution is 5.94. The molecule has 0 bridgehead atoms. The van der Waals surface area contributed by atoms with Crippen molar-refractivity contribution in [2.45, 2.75) is 26.8 Å². The lowest BCUT2D eigenvalue weighted by molar-refractivity contribution is -0.141. The van der Waals surface area contributed by atoms with E-state index in [4.69, 9.17) is 0 Å². The number of rotatable bonds is 4. The largest absolute Gasteiger partial charge is 0.468 e. The minimum Gasteiger partial charge on any atom is -0.468 e. The topological polar surface area (TPSA) is 64.4 Å². The molecule has 1 aromatic heterocycles. The van der Waals surface area contributed by atoms with E-state index >= 15 is 0 Å². The Hall–Kier alpha value is -1.85. The summed E-state index contributed by atoms with van der Waals surface area (Å²) in [6.45, 7) is 5.46. The second-order valence-electron chi connectivity index (χ2n) is 4.40. The molecule has 1 heterocycles. The van der Waals surface area contributed by atoms with Gasteiger partial charge in [-0.2, -0.15) is 5.10 Å². The Kier molecular flexibility index (Phi) is 4.47. The summed E-state index contributed by atoms with van der Waals surface area (Å²) in [5.41, 5.74) is 1.23. The summed E-state index contributed by atoms with van der Waals surface area (Å²) in [7, 11) is 3.01. The molecule has 0 saturated heterocycles. The normalized spacial score (nSPS) is 10.6. The molecule has 0 aliphatic carbocycles. The van der Waals surface area contributed by atoms with Crippen molar-refractivity contribution in [3.05, 3.63) is 17.5 Å². The van der Waals surface area contributed by atoms with Gasteiger partial charge < -0.3 is 9.64 Å². The number of ether oxygens (including phenoxy) is 1. The summed E-state index contributed by atoms with van der Waals surface area (Å²) >= 11 is 0. The molecule has 0 aliphatic heterocycles. The van der Waals surface area contributed by atoms with Crippen molar-refractivity contribution in [2.24, 2.45) is 7.05 Å². The lowest BCUT2D eigenvalue weighted by Gasteiger charge is -2.25. The molecule has 100 valence electrons. The van der Waals surface area contributed by atoms with E-state index in [1.807, 2.05) is 20.8 Å². The smallest absolute Gasteiger partial charge is 0.325 e. The maximum absolute atomic E-state index is 12.3. The van der Waals surface area contributed by atoms with Gasteiger partial charge in [-0.25, -0.2) is 0 Å². The Bertz CT molecular complexity index is 451. The molecule has 0 radical (unpaired) electrons. The molecule has 0 atom stereocenters. The summed E-state index contributed by atoms with van der Waals surface area (Å²) in [5, 5.41) is 4.13. The first-order valence-electron chi connectivity index (χ1n) is 5.75. The number of aromatic nitrogens is 2. The van der Waals surface area contributed by atoms with Crippen molar-refractivity contribution in [2.75, 3.05) is 13.7 Å². The fourth-order valence-electron chi connectivity index (χ4n) is 1.65. The number of esters is 1. The molecule has 0 fully saturated rings. The van der Waals surface area contributed by atoms with Crippen LogP contribution in [0.2, 0.25) is 0 Å². The molecule has 6 heteroatoms. The minimum absolute atomic E-state index is 0.0583. The number of amides is 1. The first-order chi connectivity index (χ1) is 8.36. The molecule has 18 heavy (non-hydrogen) atoms. The quantitative estimate of drug-likeness (QED) is 0.743. The van der Waals surface area contributed by atoms with Gasteiger partial charge in [-0.05, 0) is 26.8 Å². The number of nitrogens with zero attached hydrogens (tertiary/aromatic N) is 3. The number of carbonyl (C=O) groups excluding carboxylic acids is 2. The molecule has 0 unspecified atom stereocenters. The van der Waals surface area contributed by atoms with Crippen molar-refractivity contribution in [3.8, 4) is 0 Å². The maximum atomic E-state index is 12.3. The zero-order valence-corrected chi connectivity index (χ0v) is 11.4. The van der Waals surface area contributed by atoms with Gasteiger partial charge in [0, 0.05) is 13.1 Å². The van der Waals surface area contributed by atoms with Gasteiger partial charge in [0.1, 0.15) is 12.2 Å². The second-order valence-corrected chi connectivity index (χ2v) is 4.40. The molecule has 1 rings (SSSR count). The zero-order chi connectivity index (χ0) is 13.9. The van der Waals surface area contributed by atoms with E-state index in [-0.39, 0.29) is 18.5 Å². The first kappa shape index (κ1) is 14.2. The molecule has 0 spiro atoms. The van der Waals surface area contributed by atoms with Gasteiger partial charge >= 0.3 is 5.97 Å². The maximum Gasteiger partial charge on any atom is 0.325 e. The highest BCUT2D eigenvalue weighted by Crippen LogP contribution is 2.09. The predicted octanol–water partition coefficient (Wildman–Crippen LogP) is 0.752. The molecule has 0 aliphatic rings. The Morgan fingerprint density at radius 2 is 2.11 bits per heavy atom. The van der Waals surface area contributed by atoms with Gasteiger partial charge in [0.15, 0.2) is 0 Å². The molecule has 1 amide bonds. The zero-order valence-electron chi connectivity index (χ0n) is 11.4. The van der Waals surface area contributed by atoms with Crippen LogP contribution in [0.15, 0.2) is 6.07 Å². The van der Waals surface area contributed by atoms with Gasteiger partial charge in [0.05, 0.1) is 12.8 Å². The highest BCUT2D eigenvalue weighted by atomic mass is 16.5. The van der Waals surface area contributed by atoms with Crippen LogP contribution in [0, 0.1) is 6.92 Å². The van der Waals surface area contributed by atoms with Crippen LogP contribution < -0.4 is 0 Å². The summed E-state index contributed by atoms with van der Waals surface area (Å²) in [5.74, 6) is -0.658. The lowest BCUT2D eigenvalue weighted by atomic mass is 10.2. The van der Waals surface area contributed by atoms with Crippen LogP contribution in [0.5, 0.6) is 0 Å². The highest BCUT2D eigenvalue weighted by Gasteiger charge is 2.24. The van der Waals surface area contributed by atoms with E-state index in [1.54, 1.807) is 13.1 Å². The molecule has 1 aromatic rings. The van der Waals surface area contributed by atoms with Crippen molar-refractivity contribution in [3.63, 3.8) is 0 Å². The molecular formula is C12H19N3O3. The van der Waals surface area contributed by atoms with Crippen molar-refractivity contribution in [1.82, 2.24) is 14.7 Å². The van der Waals surface area contributed by atoms with Crippen LogP contribution in [0.1, 0.15) is 30.0 Å². The molecule has 0 aromatic carbocycles. The third-order valence-corrected chi connectivity index (χ3v) is 2.63. The van der Waals surface area contributed by atoms with E-state index in [0.717, 1.165) is 5.69 Å². The van der Waals surface area contributed by atoms with E-state index in [2.05, 4.69) is 9.84 Å². The van der Waals surface area contributed by atoms with Gasteiger partial charge in [-0.15, -0.1) is 0 Å². The molecule has 0 N–H and O–H groups in total. The van der Waals surface area contributed by atoms with Crippen LogP contribution >= 0.6 is 0 Å². The molecule has 0 saturated carbocycles. The van der Waals surface area contributed by atoms with Gasteiger partial charge in [-0.1, -0.05) is 0 Å². The van der Waals surface area contributed by atoms with Gasteiger partial charge in [-0.3, -0.25) is 14.3 Å². The lowest BCUT2D eigenvalue weighted by Crippen LogP contribution is -2.41. The fraction of sp³-hybridized carbons (Fsp3) is 0.583. The Morgan fingerprint density at radius 3 is 2.50 bits per heavy atom. The van der Waals surface area contributed by atoms with E-state index in [9.17, 15) is 9.59 Å². The van der Waals surface area contributed by atoms with Crippen LogP contribution in [-0.2, 0) is 16.6 Å². The number of aryl methyl sites for hydroxylation is 2. The van der Waals surface area contributed by atoms with E-state index in [1.165, 1.54) is 16.7 Å². The predicted molar refractivity (Wildman–Crippen MR) is 66.1 cm³/mol. The van der Waals surface area contributed by atoms with Crippen LogP contribution in [0.4, 0.5) is 0 Å². The number of hydrogen-bond acceptors (Lipinski definition) is 4. The molecule has 6 nitrogen and oxygen atoms in total. The van der Waals surface area contributed by atoms with Crippen molar-refractivity contribution < 1.29 is 14.3 Å². The Morgan fingerprint density at radius 1 is 1.50 bits per heavy atom. The SMILES string of the molecule is COC(=O)CN(C(=O)c1cc(C)nn1C)C(C)C. The third kappa shape index (κ3) is 3.09. The van der Waals surface area contributed by atoms with Crippen LogP contribution in [0.25, 0.3) is 0 Å². The number of hydrogen-bond donors (Lipinski definition) is 0. The summed E-state index contributed by atoms with van der Waals surface area (Å²) in [4.78, 5) is 25.1. The first-order valence-corrected chi connectivity index (χ1v) is 5.75. The Labute approximate surface area is 107 Å². The summed E-state index contributed by atoms with van der Waals surface area (Å²) < 4.78 is 6.12. The number of carbonyl (C=O) groups is 2. The average Bonchev–Trinajstić information content (AvgIpc) is 2.63. The van der Waals surface area contributed by atoms with E-state index < -0.39 is 5.97 Å². The van der Waals surface area contributed by atoms with Gasteiger partial charge in [0.25, 0.3) is 5.91 Å². The molecular weight excluding hydrogens is 234 g/mol. The fourth-order valence-corrected chi connectivity index (χ4v) is 1.65. The Balaban J connectivity index is 2.96. The van der Waals surface area contributed by atoms with Crippen molar-refractivity contribution in [1.29, 1.82) is 0 Å². The van der Waals surface area contributed by atoms with E-state index in [0.29, 0.717) is 5.69 Å². The number of methoxy groups -OCH3 is 1. The third-order valence-electron chi connectivity index (χ3n) is 2.63. The minimum atomic E-state index is -0.434. The van der Waals surface area contributed by atoms with Crippen LogP contribution in [0.3, 0.4) is 0 Å². The summed E-state index contributed by atoms with van der Waals surface area (Å²) in [6.07, 6.45) is 0. The average molecular weight is 253 g/mol. The second kappa shape index (κ2) is 5.66. The monoisotopic (exact) mass is 253 g/mol. The summed E-state index contributed by atoms with van der Waals surface area (Å²) in [6, 6.07) is 1.61.